The molecule has 0 atom stereocenters. The van der Waals surface area contributed by atoms with E-state index >= 15 is 0 Å². The topological polar surface area (TPSA) is 38.1 Å². The van der Waals surface area contributed by atoms with E-state index in [-0.39, 0.29) is 5.91 Å². The van der Waals surface area contributed by atoms with Gasteiger partial charge in [-0.2, -0.15) is 5.10 Å². The average molecular weight is 336 g/mol. The fraction of sp³-hybridized carbons (Fsp3) is 0.333. The van der Waals surface area contributed by atoms with Crippen molar-refractivity contribution >= 4 is 21.8 Å². The van der Waals surface area contributed by atoms with Crippen LogP contribution in [0, 0.1) is 6.92 Å². The van der Waals surface area contributed by atoms with Gasteiger partial charge >= 0.3 is 0 Å². The highest BCUT2D eigenvalue weighted by Crippen LogP contribution is 2.18. The minimum Gasteiger partial charge on any atom is -0.336 e. The molecule has 106 valence electrons. The zero-order valence-electron chi connectivity index (χ0n) is 11.9. The minimum absolute atomic E-state index is 0.0180. The van der Waals surface area contributed by atoms with Crippen LogP contribution >= 0.6 is 15.9 Å². The van der Waals surface area contributed by atoms with Crippen molar-refractivity contribution in [2.45, 2.75) is 26.9 Å². The first kappa shape index (κ1) is 14.8. The summed E-state index contributed by atoms with van der Waals surface area (Å²) in [4.78, 5) is 14.1. The zero-order valence-corrected chi connectivity index (χ0v) is 13.5. The number of rotatable bonds is 4. The summed E-state index contributed by atoms with van der Waals surface area (Å²) in [6.07, 6.45) is 1.77. The van der Waals surface area contributed by atoms with E-state index in [0.717, 1.165) is 22.3 Å². The Hall–Kier alpha value is -1.62. The monoisotopic (exact) mass is 335 g/mol. The maximum absolute atomic E-state index is 12.4. The Bertz CT molecular complexity index is 621. The first-order chi connectivity index (χ1) is 9.52. The lowest BCUT2D eigenvalue weighted by Gasteiger charge is -2.18. The second kappa shape index (κ2) is 6.22. The maximum atomic E-state index is 12.4. The normalized spacial score (nSPS) is 10.6. The lowest BCUT2D eigenvalue weighted by Crippen LogP contribution is -2.27. The van der Waals surface area contributed by atoms with Gasteiger partial charge in [-0.05, 0) is 41.9 Å². The highest BCUT2D eigenvalue weighted by Gasteiger charge is 2.16. The van der Waals surface area contributed by atoms with Crippen LogP contribution in [0.1, 0.15) is 28.5 Å². The van der Waals surface area contributed by atoms with Crippen LogP contribution in [0.4, 0.5) is 0 Å². The van der Waals surface area contributed by atoms with Crippen LogP contribution in [0.25, 0.3) is 0 Å². The summed E-state index contributed by atoms with van der Waals surface area (Å²) in [6.45, 7) is 5.33. The molecule has 1 aromatic carbocycles. The molecule has 2 aromatic rings. The van der Waals surface area contributed by atoms with Crippen molar-refractivity contribution in [2.75, 3.05) is 7.05 Å². The maximum Gasteiger partial charge on any atom is 0.253 e. The molecule has 0 aliphatic carbocycles. The van der Waals surface area contributed by atoms with Crippen molar-refractivity contribution in [3.8, 4) is 0 Å². The predicted molar refractivity (Wildman–Crippen MR) is 82.6 cm³/mol. The Kier molecular flexibility index (Phi) is 4.60. The molecule has 0 bridgehead atoms. The quantitative estimate of drug-likeness (QED) is 0.860. The number of carbonyl (C=O) groups excluding carboxylic acids is 1. The molecule has 0 unspecified atom stereocenters. The van der Waals surface area contributed by atoms with Gasteiger partial charge in [0.15, 0.2) is 0 Å². The molecule has 0 saturated heterocycles. The van der Waals surface area contributed by atoms with Crippen LogP contribution in [0.15, 0.2) is 34.9 Å². The van der Waals surface area contributed by atoms with Gasteiger partial charge in [0.25, 0.3) is 5.91 Å². The SMILES string of the molecule is CCn1ncc(Br)c1CN(C)C(=O)c1cccc(C)c1. The van der Waals surface area contributed by atoms with E-state index in [1.165, 1.54) is 0 Å². The number of aryl methyl sites for hydroxylation is 2. The van der Waals surface area contributed by atoms with E-state index in [2.05, 4.69) is 21.0 Å². The molecule has 2 rings (SSSR count). The lowest BCUT2D eigenvalue weighted by atomic mass is 10.1. The van der Waals surface area contributed by atoms with Crippen LogP contribution in [0.2, 0.25) is 0 Å². The fourth-order valence-electron chi connectivity index (χ4n) is 2.11. The molecule has 0 radical (unpaired) electrons. The number of amides is 1. The zero-order chi connectivity index (χ0) is 14.7. The van der Waals surface area contributed by atoms with Crippen molar-refractivity contribution < 1.29 is 4.79 Å². The van der Waals surface area contributed by atoms with Gasteiger partial charge in [0, 0.05) is 19.2 Å². The average Bonchev–Trinajstić information content (AvgIpc) is 2.78. The van der Waals surface area contributed by atoms with Crippen molar-refractivity contribution in [1.82, 2.24) is 14.7 Å². The van der Waals surface area contributed by atoms with Crippen molar-refractivity contribution in [1.29, 1.82) is 0 Å². The van der Waals surface area contributed by atoms with Crippen molar-refractivity contribution in [3.05, 3.63) is 51.8 Å². The number of nitrogens with zero attached hydrogens (tertiary/aromatic N) is 3. The first-order valence-corrected chi connectivity index (χ1v) is 7.34. The van der Waals surface area contributed by atoms with Gasteiger partial charge in [0.05, 0.1) is 22.9 Å². The van der Waals surface area contributed by atoms with Crippen LogP contribution in [-0.4, -0.2) is 27.6 Å². The molecule has 1 aromatic heterocycles. The van der Waals surface area contributed by atoms with Crippen LogP contribution in [-0.2, 0) is 13.1 Å². The molecular formula is C15H18BrN3O. The molecular weight excluding hydrogens is 318 g/mol. The number of benzene rings is 1. The molecule has 1 heterocycles. The van der Waals surface area contributed by atoms with Crippen LogP contribution < -0.4 is 0 Å². The Morgan fingerprint density at radius 2 is 2.20 bits per heavy atom. The van der Waals surface area contributed by atoms with Gasteiger partial charge in [0.2, 0.25) is 0 Å². The molecule has 4 nitrogen and oxygen atoms in total. The third kappa shape index (κ3) is 3.10. The largest absolute Gasteiger partial charge is 0.336 e. The molecule has 0 N–H and O–H groups in total. The van der Waals surface area contributed by atoms with Gasteiger partial charge in [-0.25, -0.2) is 0 Å². The van der Waals surface area contributed by atoms with E-state index in [9.17, 15) is 4.79 Å². The van der Waals surface area contributed by atoms with E-state index in [1.54, 1.807) is 11.1 Å². The number of hydrogen-bond donors (Lipinski definition) is 0. The first-order valence-electron chi connectivity index (χ1n) is 6.55. The summed E-state index contributed by atoms with van der Waals surface area (Å²) in [7, 11) is 1.81. The van der Waals surface area contributed by atoms with E-state index in [4.69, 9.17) is 0 Å². The smallest absolute Gasteiger partial charge is 0.253 e. The second-order valence-electron chi connectivity index (χ2n) is 4.79. The molecule has 0 fully saturated rings. The van der Waals surface area contributed by atoms with E-state index in [0.29, 0.717) is 12.1 Å². The number of aromatic nitrogens is 2. The molecule has 0 aliphatic rings. The second-order valence-corrected chi connectivity index (χ2v) is 5.64. The third-order valence-corrected chi connectivity index (χ3v) is 3.86. The minimum atomic E-state index is 0.0180. The van der Waals surface area contributed by atoms with Gasteiger partial charge in [0.1, 0.15) is 0 Å². The molecule has 0 spiro atoms. The van der Waals surface area contributed by atoms with Gasteiger partial charge in [-0.3, -0.25) is 9.48 Å². The molecule has 5 heteroatoms. The summed E-state index contributed by atoms with van der Waals surface area (Å²) < 4.78 is 2.83. The number of hydrogen-bond acceptors (Lipinski definition) is 2. The molecule has 0 aliphatic heterocycles. The highest BCUT2D eigenvalue weighted by atomic mass is 79.9. The van der Waals surface area contributed by atoms with E-state index in [1.807, 2.05) is 49.8 Å². The summed E-state index contributed by atoms with van der Waals surface area (Å²) in [5.41, 5.74) is 2.81. The van der Waals surface area contributed by atoms with Crippen LogP contribution in [0.3, 0.4) is 0 Å². The van der Waals surface area contributed by atoms with Gasteiger partial charge in [-0.1, -0.05) is 17.7 Å². The summed E-state index contributed by atoms with van der Waals surface area (Å²) >= 11 is 3.48. The van der Waals surface area contributed by atoms with Crippen molar-refractivity contribution in [3.63, 3.8) is 0 Å². The van der Waals surface area contributed by atoms with E-state index < -0.39 is 0 Å². The summed E-state index contributed by atoms with van der Waals surface area (Å²) in [5.74, 6) is 0.0180. The Balaban J connectivity index is 2.17. The Morgan fingerprint density at radius 1 is 1.45 bits per heavy atom. The summed E-state index contributed by atoms with van der Waals surface area (Å²) in [5, 5.41) is 4.27. The third-order valence-electron chi connectivity index (χ3n) is 3.20. The van der Waals surface area contributed by atoms with Gasteiger partial charge in [-0.15, -0.1) is 0 Å². The Morgan fingerprint density at radius 3 is 2.85 bits per heavy atom. The van der Waals surface area contributed by atoms with Crippen LogP contribution in [0.5, 0.6) is 0 Å². The summed E-state index contributed by atoms with van der Waals surface area (Å²) in [6, 6.07) is 7.64. The number of carbonyl (C=O) groups is 1. The van der Waals surface area contributed by atoms with Gasteiger partial charge < -0.3 is 4.90 Å². The lowest BCUT2D eigenvalue weighted by molar-refractivity contribution is 0.0781. The molecule has 20 heavy (non-hydrogen) atoms. The van der Waals surface area contributed by atoms with Crippen molar-refractivity contribution in [2.24, 2.45) is 0 Å². The Labute approximate surface area is 127 Å². The standard InChI is InChI=1S/C15H18BrN3O/c1-4-19-14(13(16)9-17-19)10-18(3)15(20)12-7-5-6-11(2)8-12/h5-9H,4,10H2,1-3H3. The number of halogens is 1. The fourth-order valence-corrected chi connectivity index (χ4v) is 2.53. The predicted octanol–water partition coefficient (Wildman–Crippen LogP) is 3.25. The molecule has 1 amide bonds. The highest BCUT2D eigenvalue weighted by molar-refractivity contribution is 9.10. The molecule has 0 saturated carbocycles.